The van der Waals surface area contributed by atoms with Gasteiger partial charge in [-0.1, -0.05) is 32.9 Å². The van der Waals surface area contributed by atoms with E-state index in [9.17, 15) is 4.79 Å². The van der Waals surface area contributed by atoms with E-state index in [1.165, 1.54) is 0 Å². The van der Waals surface area contributed by atoms with Gasteiger partial charge in [-0.05, 0) is 39.2 Å². The van der Waals surface area contributed by atoms with Crippen LogP contribution in [0.1, 0.15) is 12.8 Å². The lowest BCUT2D eigenvalue weighted by atomic mass is 10.1. The molecule has 2 rings (SSSR count). The van der Waals surface area contributed by atoms with Crippen LogP contribution in [-0.4, -0.2) is 10.0 Å². The van der Waals surface area contributed by atoms with E-state index in [-0.39, 0.29) is 26.8 Å². The number of carbonyl (C=O) groups is 1. The summed E-state index contributed by atoms with van der Waals surface area (Å²) in [6, 6.07) is -0.161. The van der Waals surface area contributed by atoms with Crippen molar-refractivity contribution in [3.63, 3.8) is 0 Å². The molecule has 0 radical (unpaired) electrons. The fourth-order valence-corrected chi connectivity index (χ4v) is 2.83. The fraction of sp³-hybridized carbons (Fsp3) is 0.167. The van der Waals surface area contributed by atoms with E-state index < -0.39 is 0 Å². The Hall–Kier alpha value is -1.17. The molecule has 0 fully saturated rings. The smallest absolute Gasteiger partial charge is 0.312 e. The van der Waals surface area contributed by atoms with Gasteiger partial charge in [0.2, 0.25) is 0 Å². The molecule has 1 aliphatic heterocycles. The third kappa shape index (κ3) is 3.44. The first-order valence-electron chi connectivity index (χ1n) is 5.10. The van der Waals surface area contributed by atoms with E-state index in [0.717, 1.165) is 24.2 Å². The number of rotatable bonds is 2. The largest absolute Gasteiger partial charge is 0.323 e. The van der Waals surface area contributed by atoms with Crippen molar-refractivity contribution >= 4 is 30.8 Å². The van der Waals surface area contributed by atoms with Gasteiger partial charge in [0.1, 0.15) is 0 Å². The first-order chi connectivity index (χ1) is 7.84. The highest BCUT2D eigenvalue weighted by Crippen LogP contribution is 2.09. The molecular formula is C12H13IN2O. The molecule has 2 N–H and O–H groups in total. The van der Waals surface area contributed by atoms with Gasteiger partial charge in [0, 0.05) is 11.4 Å². The molecule has 0 aromatic heterocycles. The van der Waals surface area contributed by atoms with Crippen molar-refractivity contribution in [2.75, 3.05) is 0 Å². The average molecular weight is 328 g/mol. The SMILES string of the molecule is O=C(NC1=CC=IC=C1)NC1=CC=CCC1. The normalized spacial score (nSPS) is 18.2. The molecule has 1 heterocycles. The van der Waals surface area contributed by atoms with Gasteiger partial charge in [0.05, 0.1) is 0 Å². The molecule has 16 heavy (non-hydrogen) atoms. The fourth-order valence-electron chi connectivity index (χ4n) is 1.40. The summed E-state index contributed by atoms with van der Waals surface area (Å²) in [7, 11) is 0. The van der Waals surface area contributed by atoms with Crippen LogP contribution in [0.15, 0.2) is 45.9 Å². The highest BCUT2D eigenvalue weighted by atomic mass is 127. The van der Waals surface area contributed by atoms with Gasteiger partial charge < -0.3 is 10.6 Å². The third-order valence-corrected chi connectivity index (χ3v) is 3.73. The molecule has 4 heteroatoms. The van der Waals surface area contributed by atoms with Crippen LogP contribution in [0.25, 0.3) is 0 Å². The number of nitrogens with one attached hydrogen (secondary N) is 2. The summed E-state index contributed by atoms with van der Waals surface area (Å²) in [5.74, 6) is 0. The molecule has 2 amide bonds. The Bertz CT molecular complexity index is 430. The van der Waals surface area contributed by atoms with E-state index in [1.807, 2.05) is 24.3 Å². The summed E-state index contributed by atoms with van der Waals surface area (Å²) in [6.07, 6.45) is 11.8. The summed E-state index contributed by atoms with van der Waals surface area (Å²) >= 11 is 0.0700. The van der Waals surface area contributed by atoms with Crippen LogP contribution in [0.5, 0.6) is 0 Å². The predicted molar refractivity (Wildman–Crippen MR) is 75.4 cm³/mol. The van der Waals surface area contributed by atoms with Crippen molar-refractivity contribution in [1.82, 2.24) is 10.6 Å². The first kappa shape index (κ1) is 11.3. The molecule has 0 aromatic rings. The van der Waals surface area contributed by atoms with Gasteiger partial charge in [-0.15, -0.1) is 0 Å². The predicted octanol–water partition coefficient (Wildman–Crippen LogP) is 2.70. The summed E-state index contributed by atoms with van der Waals surface area (Å²) < 4.78 is 4.24. The van der Waals surface area contributed by atoms with Gasteiger partial charge in [-0.2, -0.15) is 0 Å². The van der Waals surface area contributed by atoms with E-state index in [0.29, 0.717) is 0 Å². The van der Waals surface area contributed by atoms with E-state index >= 15 is 0 Å². The molecule has 0 bridgehead atoms. The highest BCUT2D eigenvalue weighted by molar-refractivity contribution is 14.2. The number of carbonyl (C=O) groups excluding carboxylic acids is 1. The van der Waals surface area contributed by atoms with Gasteiger partial charge in [-0.25, -0.2) is 4.79 Å². The standard InChI is InChI=1S/C12H13IN2O/c16-12(14-10-4-2-1-3-5-10)15-11-6-8-13-9-7-11/h1-2,4,6-9H,3,5H2,(H2,14,15,16). The molecule has 0 saturated heterocycles. The zero-order valence-corrected chi connectivity index (χ0v) is 10.9. The summed E-state index contributed by atoms with van der Waals surface area (Å²) in [5, 5.41) is 5.66. The lowest BCUT2D eigenvalue weighted by Crippen LogP contribution is -2.34. The molecule has 0 unspecified atom stereocenters. The van der Waals surface area contributed by atoms with Gasteiger partial charge in [0.15, 0.2) is 0 Å². The molecule has 3 nitrogen and oxygen atoms in total. The van der Waals surface area contributed by atoms with Gasteiger partial charge in [-0.3, -0.25) is 0 Å². The molecular weight excluding hydrogens is 315 g/mol. The molecule has 0 spiro atoms. The Labute approximate surface area is 105 Å². The quantitative estimate of drug-likeness (QED) is 0.752. The Balaban J connectivity index is 1.87. The van der Waals surface area contributed by atoms with Crippen LogP contribution in [0.4, 0.5) is 4.79 Å². The Morgan fingerprint density at radius 2 is 2.25 bits per heavy atom. The topological polar surface area (TPSA) is 41.1 Å². The monoisotopic (exact) mass is 328 g/mol. The molecule has 0 aromatic carbocycles. The average Bonchev–Trinajstić information content (AvgIpc) is 2.31. The number of amides is 2. The molecule has 0 saturated carbocycles. The Morgan fingerprint density at radius 1 is 1.31 bits per heavy atom. The maximum atomic E-state index is 11.6. The number of urea groups is 1. The van der Waals surface area contributed by atoms with Crippen molar-refractivity contribution < 1.29 is 4.79 Å². The van der Waals surface area contributed by atoms with Crippen molar-refractivity contribution in [2.24, 2.45) is 0 Å². The number of hydrogen-bond donors (Lipinski definition) is 2. The minimum absolute atomic E-state index is 0.0700. The van der Waals surface area contributed by atoms with Gasteiger partial charge >= 0.3 is 6.03 Å². The lowest BCUT2D eigenvalue weighted by Gasteiger charge is -2.12. The molecule has 2 aliphatic rings. The Morgan fingerprint density at radius 3 is 2.94 bits per heavy atom. The third-order valence-electron chi connectivity index (χ3n) is 2.18. The summed E-state index contributed by atoms with van der Waals surface area (Å²) in [5.41, 5.74) is 1.83. The van der Waals surface area contributed by atoms with Crippen LogP contribution < -0.4 is 10.6 Å². The maximum absolute atomic E-state index is 11.6. The van der Waals surface area contributed by atoms with E-state index in [1.54, 1.807) is 0 Å². The summed E-state index contributed by atoms with van der Waals surface area (Å²) in [4.78, 5) is 11.6. The van der Waals surface area contributed by atoms with E-state index in [2.05, 4.69) is 24.8 Å². The number of hydrogen-bond acceptors (Lipinski definition) is 1. The van der Waals surface area contributed by atoms with Crippen LogP contribution in [0.2, 0.25) is 0 Å². The van der Waals surface area contributed by atoms with Crippen LogP contribution in [0, 0.1) is 0 Å². The zero-order chi connectivity index (χ0) is 11.2. The second-order valence-electron chi connectivity index (χ2n) is 3.40. The second kappa shape index (κ2) is 5.79. The minimum Gasteiger partial charge on any atom is -0.312 e. The molecule has 1 aliphatic carbocycles. The molecule has 84 valence electrons. The van der Waals surface area contributed by atoms with Crippen LogP contribution >= 0.6 is 20.7 Å². The van der Waals surface area contributed by atoms with Crippen molar-refractivity contribution in [1.29, 1.82) is 0 Å². The van der Waals surface area contributed by atoms with E-state index in [4.69, 9.17) is 0 Å². The van der Waals surface area contributed by atoms with Crippen molar-refractivity contribution in [3.05, 3.63) is 45.9 Å². The maximum Gasteiger partial charge on any atom is 0.323 e. The minimum atomic E-state index is -0.161. The van der Waals surface area contributed by atoms with Crippen molar-refractivity contribution in [3.8, 4) is 0 Å². The molecule has 0 atom stereocenters. The Kier molecular flexibility index (Phi) is 4.10. The lowest BCUT2D eigenvalue weighted by molar-refractivity contribution is 0.245. The van der Waals surface area contributed by atoms with Crippen molar-refractivity contribution in [2.45, 2.75) is 12.8 Å². The van der Waals surface area contributed by atoms with Gasteiger partial charge in [0.25, 0.3) is 0 Å². The van der Waals surface area contributed by atoms with Crippen LogP contribution in [-0.2, 0) is 0 Å². The summed E-state index contributed by atoms with van der Waals surface area (Å²) in [6.45, 7) is 0. The number of allylic oxidation sites excluding steroid dienone is 6. The van der Waals surface area contributed by atoms with Crippen LogP contribution in [0.3, 0.4) is 0 Å². The highest BCUT2D eigenvalue weighted by Gasteiger charge is 2.06. The second-order valence-corrected chi connectivity index (χ2v) is 5.56. The zero-order valence-electron chi connectivity index (χ0n) is 8.74. The first-order valence-corrected chi connectivity index (χ1v) is 7.59. The number of halogens is 1.